The van der Waals surface area contributed by atoms with Crippen LogP contribution in [0.2, 0.25) is 0 Å². The third-order valence-corrected chi connectivity index (χ3v) is 5.70. The number of likely N-dealkylation sites (tertiary alicyclic amines) is 1. The monoisotopic (exact) mass is 300 g/mol. The van der Waals surface area contributed by atoms with Crippen molar-refractivity contribution in [3.05, 3.63) is 0 Å². The lowest BCUT2D eigenvalue weighted by Crippen LogP contribution is -2.39. The van der Waals surface area contributed by atoms with Crippen molar-refractivity contribution in [1.82, 2.24) is 10.2 Å². The molecule has 0 aromatic heterocycles. The number of amides is 1. The molecule has 1 saturated carbocycles. The molecule has 0 aromatic rings. The van der Waals surface area contributed by atoms with E-state index >= 15 is 0 Å². The number of piperidine rings is 1. The summed E-state index contributed by atoms with van der Waals surface area (Å²) in [5.74, 6) is 1.28. The molecule has 3 fully saturated rings. The summed E-state index contributed by atoms with van der Waals surface area (Å²) in [7, 11) is 0. The second kappa shape index (κ2) is 7.13. The standard InChI is InChI=1S/C16H28N2O.ClH/c19-15(6-5-14-3-1-2-4-14)18-12-9-16(13-18)7-10-17-11-8-16;/h14,17H,1-13H2;1H. The number of nitrogens with one attached hydrogen (secondary N) is 1. The largest absolute Gasteiger partial charge is 0.342 e. The molecule has 0 radical (unpaired) electrons. The van der Waals surface area contributed by atoms with Crippen LogP contribution >= 0.6 is 12.4 Å². The van der Waals surface area contributed by atoms with Crippen LogP contribution in [0.15, 0.2) is 0 Å². The molecule has 1 spiro atoms. The number of hydrogen-bond acceptors (Lipinski definition) is 2. The Balaban J connectivity index is 0.00000147. The molecule has 1 N–H and O–H groups in total. The molecule has 0 bridgehead atoms. The Morgan fingerprint density at radius 1 is 1.15 bits per heavy atom. The van der Waals surface area contributed by atoms with E-state index in [9.17, 15) is 4.79 Å². The first-order valence-electron chi connectivity index (χ1n) is 8.26. The fraction of sp³-hybridized carbons (Fsp3) is 0.938. The molecule has 1 aliphatic carbocycles. The molecule has 2 heterocycles. The van der Waals surface area contributed by atoms with Gasteiger partial charge in [-0.05, 0) is 50.1 Å². The minimum Gasteiger partial charge on any atom is -0.342 e. The normalized spacial score (nSPS) is 25.9. The lowest BCUT2D eigenvalue weighted by Gasteiger charge is -2.33. The Morgan fingerprint density at radius 3 is 2.55 bits per heavy atom. The Morgan fingerprint density at radius 2 is 1.85 bits per heavy atom. The van der Waals surface area contributed by atoms with Gasteiger partial charge in [-0.3, -0.25) is 4.79 Å². The first-order valence-corrected chi connectivity index (χ1v) is 8.26. The van der Waals surface area contributed by atoms with Gasteiger partial charge in [-0.1, -0.05) is 25.7 Å². The van der Waals surface area contributed by atoms with Crippen LogP contribution in [0.25, 0.3) is 0 Å². The second-order valence-corrected chi connectivity index (χ2v) is 7.00. The highest BCUT2D eigenvalue weighted by atomic mass is 35.5. The van der Waals surface area contributed by atoms with Gasteiger partial charge in [0.25, 0.3) is 0 Å². The molecule has 4 heteroatoms. The van der Waals surface area contributed by atoms with E-state index in [0.717, 1.165) is 44.9 Å². The van der Waals surface area contributed by atoms with Gasteiger partial charge in [-0.15, -0.1) is 12.4 Å². The first-order chi connectivity index (χ1) is 9.27. The Bertz CT molecular complexity index is 322. The maximum Gasteiger partial charge on any atom is 0.222 e. The van der Waals surface area contributed by atoms with Crippen LogP contribution in [-0.4, -0.2) is 37.0 Å². The summed E-state index contributed by atoms with van der Waals surface area (Å²) >= 11 is 0. The van der Waals surface area contributed by atoms with Crippen LogP contribution in [0.1, 0.15) is 57.8 Å². The highest BCUT2D eigenvalue weighted by Gasteiger charge is 2.40. The molecular weight excluding hydrogens is 272 g/mol. The van der Waals surface area contributed by atoms with Crippen LogP contribution in [0.5, 0.6) is 0 Å². The molecule has 116 valence electrons. The summed E-state index contributed by atoms with van der Waals surface area (Å²) in [6.07, 6.45) is 11.2. The summed E-state index contributed by atoms with van der Waals surface area (Å²) in [6.45, 7) is 4.34. The average Bonchev–Trinajstić information content (AvgIpc) is 3.07. The lowest BCUT2D eigenvalue weighted by atomic mass is 9.78. The zero-order valence-electron chi connectivity index (χ0n) is 12.5. The summed E-state index contributed by atoms with van der Waals surface area (Å²) in [4.78, 5) is 14.5. The van der Waals surface area contributed by atoms with E-state index in [4.69, 9.17) is 0 Å². The van der Waals surface area contributed by atoms with Crippen molar-refractivity contribution in [1.29, 1.82) is 0 Å². The number of rotatable bonds is 3. The first kappa shape index (κ1) is 16.1. The van der Waals surface area contributed by atoms with Crippen LogP contribution in [0, 0.1) is 11.3 Å². The fourth-order valence-electron chi connectivity index (χ4n) is 4.30. The maximum absolute atomic E-state index is 12.3. The minimum atomic E-state index is 0. The molecule has 3 nitrogen and oxygen atoms in total. The van der Waals surface area contributed by atoms with Crippen molar-refractivity contribution >= 4 is 18.3 Å². The third kappa shape index (κ3) is 3.67. The van der Waals surface area contributed by atoms with Gasteiger partial charge in [0.1, 0.15) is 0 Å². The van der Waals surface area contributed by atoms with E-state index < -0.39 is 0 Å². The predicted octanol–water partition coefficient (Wildman–Crippen LogP) is 2.98. The van der Waals surface area contributed by atoms with E-state index in [1.54, 1.807) is 0 Å². The highest BCUT2D eigenvalue weighted by Crippen LogP contribution is 2.39. The van der Waals surface area contributed by atoms with Gasteiger partial charge in [0.15, 0.2) is 0 Å². The minimum absolute atomic E-state index is 0. The second-order valence-electron chi connectivity index (χ2n) is 7.00. The molecule has 3 rings (SSSR count). The summed E-state index contributed by atoms with van der Waals surface area (Å²) < 4.78 is 0. The molecule has 0 atom stereocenters. The van der Waals surface area contributed by atoms with Crippen molar-refractivity contribution in [2.75, 3.05) is 26.2 Å². The van der Waals surface area contributed by atoms with Crippen molar-refractivity contribution in [2.45, 2.75) is 57.8 Å². The van der Waals surface area contributed by atoms with Crippen LogP contribution in [0.3, 0.4) is 0 Å². The zero-order chi connectivity index (χ0) is 13.1. The molecule has 0 aromatic carbocycles. The van der Waals surface area contributed by atoms with Gasteiger partial charge in [-0.25, -0.2) is 0 Å². The van der Waals surface area contributed by atoms with Gasteiger partial charge in [0, 0.05) is 19.5 Å². The molecular formula is C16H29ClN2O. The molecule has 20 heavy (non-hydrogen) atoms. The van der Waals surface area contributed by atoms with Crippen LogP contribution < -0.4 is 5.32 Å². The van der Waals surface area contributed by atoms with Gasteiger partial charge < -0.3 is 10.2 Å². The predicted molar refractivity (Wildman–Crippen MR) is 84.2 cm³/mol. The van der Waals surface area contributed by atoms with E-state index in [2.05, 4.69) is 10.2 Å². The Labute approximate surface area is 129 Å². The van der Waals surface area contributed by atoms with Crippen molar-refractivity contribution in [2.24, 2.45) is 11.3 Å². The van der Waals surface area contributed by atoms with Gasteiger partial charge in [0.2, 0.25) is 5.91 Å². The highest BCUT2D eigenvalue weighted by molar-refractivity contribution is 5.85. The zero-order valence-corrected chi connectivity index (χ0v) is 13.3. The Hall–Kier alpha value is -0.280. The molecule has 2 aliphatic heterocycles. The van der Waals surface area contributed by atoms with Crippen LogP contribution in [0.4, 0.5) is 0 Å². The lowest BCUT2D eigenvalue weighted by molar-refractivity contribution is -0.131. The topological polar surface area (TPSA) is 32.3 Å². The summed E-state index contributed by atoms with van der Waals surface area (Å²) in [5, 5.41) is 3.44. The average molecular weight is 301 g/mol. The smallest absolute Gasteiger partial charge is 0.222 e. The molecule has 1 amide bonds. The van der Waals surface area contributed by atoms with Gasteiger partial charge in [0.05, 0.1) is 0 Å². The van der Waals surface area contributed by atoms with Crippen LogP contribution in [-0.2, 0) is 4.79 Å². The van der Waals surface area contributed by atoms with E-state index in [0.29, 0.717) is 11.3 Å². The number of halogens is 1. The molecule has 2 saturated heterocycles. The number of nitrogens with zero attached hydrogens (tertiary/aromatic N) is 1. The molecule has 0 unspecified atom stereocenters. The number of carbonyl (C=O) groups excluding carboxylic acids is 1. The van der Waals surface area contributed by atoms with Gasteiger partial charge >= 0.3 is 0 Å². The molecule has 3 aliphatic rings. The summed E-state index contributed by atoms with van der Waals surface area (Å²) in [5.41, 5.74) is 0.467. The van der Waals surface area contributed by atoms with E-state index in [1.807, 2.05) is 0 Å². The third-order valence-electron chi connectivity index (χ3n) is 5.70. The number of hydrogen-bond donors (Lipinski definition) is 1. The Kier molecular flexibility index (Phi) is 5.74. The fourth-order valence-corrected chi connectivity index (χ4v) is 4.30. The number of carbonyl (C=O) groups is 1. The summed E-state index contributed by atoms with van der Waals surface area (Å²) in [6, 6.07) is 0. The van der Waals surface area contributed by atoms with Crippen molar-refractivity contribution in [3.8, 4) is 0 Å². The van der Waals surface area contributed by atoms with Crippen molar-refractivity contribution in [3.63, 3.8) is 0 Å². The SMILES string of the molecule is Cl.O=C(CCC1CCCC1)N1CCC2(CCNCC2)C1. The van der Waals surface area contributed by atoms with E-state index in [1.165, 1.54) is 44.9 Å². The quantitative estimate of drug-likeness (QED) is 0.869. The maximum atomic E-state index is 12.3. The van der Waals surface area contributed by atoms with Gasteiger partial charge in [-0.2, -0.15) is 0 Å². The van der Waals surface area contributed by atoms with E-state index in [-0.39, 0.29) is 12.4 Å². The van der Waals surface area contributed by atoms with Crippen molar-refractivity contribution < 1.29 is 4.79 Å².